The summed E-state index contributed by atoms with van der Waals surface area (Å²) in [5.41, 5.74) is -0.273. The molecule has 0 atom stereocenters. The lowest BCUT2D eigenvalue weighted by Crippen LogP contribution is -2.06. The third-order valence-corrected chi connectivity index (χ3v) is 0.710. The lowest BCUT2D eigenvalue weighted by atomic mass is 10.5. The van der Waals surface area contributed by atoms with Crippen LogP contribution in [0.2, 0.25) is 0 Å². The average molecular weight is 131 g/mol. The summed E-state index contributed by atoms with van der Waals surface area (Å²) in [6.07, 6.45) is 0.780. The lowest BCUT2D eigenvalue weighted by molar-refractivity contribution is -0.713. The Labute approximate surface area is 48.2 Å². The van der Waals surface area contributed by atoms with E-state index in [1.165, 1.54) is 0 Å². The van der Waals surface area contributed by atoms with Gasteiger partial charge in [-0.25, -0.2) is 4.79 Å². The minimum atomic E-state index is -1.23. The summed E-state index contributed by atoms with van der Waals surface area (Å²) in [6.45, 7) is 0. The molecule has 6 nitrogen and oxygen atoms in total. The highest BCUT2D eigenvalue weighted by atomic mass is 16.7. The van der Waals surface area contributed by atoms with Crippen molar-refractivity contribution in [3.63, 3.8) is 0 Å². The molecule has 2 N–H and O–H groups in total. The van der Waals surface area contributed by atoms with E-state index >= 15 is 0 Å². The molecule has 0 aromatic carbocycles. The number of nitrogens with zero attached hydrogens (tertiary/aromatic N) is 1. The Morgan fingerprint density at radius 3 is 2.78 bits per heavy atom. The molecule has 0 fully saturated rings. The van der Waals surface area contributed by atoms with E-state index in [1.807, 2.05) is 5.16 Å². The van der Waals surface area contributed by atoms with Crippen molar-refractivity contribution in [3.8, 4) is 0 Å². The molecule has 0 radical (unpaired) electrons. The van der Waals surface area contributed by atoms with E-state index in [4.69, 9.17) is 5.11 Å². The Hall–Kier alpha value is -1.59. The molecule has 0 saturated heterocycles. The maximum Gasteiger partial charge on any atom is 0.383 e. The number of rotatable bonds is 1. The molecule has 9 heavy (non-hydrogen) atoms. The first-order valence-corrected chi connectivity index (χ1v) is 2.04. The molecule has 0 amide bonds. The van der Waals surface area contributed by atoms with Crippen LogP contribution in [0.3, 0.4) is 0 Å². The average Bonchev–Trinajstić information content (AvgIpc) is 2.14. The van der Waals surface area contributed by atoms with Gasteiger partial charge in [-0.15, -0.1) is 0 Å². The number of carboxylic acids is 1. The van der Waals surface area contributed by atoms with Crippen LogP contribution in [0.1, 0.15) is 10.5 Å². The number of aromatic nitrogens is 2. The number of nitrogens with one attached hydrogen (secondary N) is 1. The van der Waals surface area contributed by atoms with Crippen LogP contribution < -0.4 is 4.60 Å². The zero-order valence-electron chi connectivity index (χ0n) is 4.20. The van der Waals surface area contributed by atoms with Crippen LogP contribution in [-0.2, 0) is 0 Å². The van der Waals surface area contributed by atoms with E-state index in [0.29, 0.717) is 0 Å². The molecule has 0 aliphatic rings. The van der Waals surface area contributed by atoms with Gasteiger partial charge >= 0.3 is 5.97 Å². The van der Waals surface area contributed by atoms with Crippen LogP contribution in [0.25, 0.3) is 0 Å². The van der Waals surface area contributed by atoms with Gasteiger partial charge in [0.2, 0.25) is 6.20 Å². The molecule has 0 spiro atoms. The first-order chi connectivity index (χ1) is 4.20. The quantitative estimate of drug-likeness (QED) is 0.523. The molecule has 1 aromatic rings. The molecule has 1 aromatic heterocycles. The van der Waals surface area contributed by atoms with Gasteiger partial charge in [-0.3, -0.25) is 0 Å². The van der Waals surface area contributed by atoms with Gasteiger partial charge in [-0.05, 0) is 4.91 Å². The van der Waals surface area contributed by atoms with Crippen molar-refractivity contribution >= 4 is 5.97 Å². The zero-order valence-corrected chi connectivity index (χ0v) is 4.20. The zero-order chi connectivity index (χ0) is 6.85. The molecule has 0 aliphatic carbocycles. The Morgan fingerprint density at radius 1 is 1.89 bits per heavy atom. The number of aromatic amines is 1. The van der Waals surface area contributed by atoms with Crippen LogP contribution in [-0.4, -0.2) is 16.2 Å². The smallest absolute Gasteiger partial charge is 0.383 e. The van der Waals surface area contributed by atoms with Crippen LogP contribution in [0.4, 0.5) is 0 Å². The summed E-state index contributed by atoms with van der Waals surface area (Å²) in [6, 6.07) is 0. The summed E-state index contributed by atoms with van der Waals surface area (Å²) in [4.78, 5) is 20.0. The third-order valence-electron chi connectivity index (χ3n) is 0.710. The molecule has 0 saturated carbocycles. The second kappa shape index (κ2) is 1.73. The fourth-order valence-corrected chi connectivity index (χ4v) is 0.351. The maximum atomic E-state index is 10.1. The summed E-state index contributed by atoms with van der Waals surface area (Å²) < 4.78 is 4.00. The first kappa shape index (κ1) is 5.54. The fraction of sp³-hybridized carbons (Fsp3) is 0. The molecule has 6 heteroatoms. The molecule has 1 heterocycles. The van der Waals surface area contributed by atoms with Gasteiger partial charge < -0.3 is 5.11 Å². The molecular formula is C3H3N2O4+. The van der Waals surface area contributed by atoms with Gasteiger partial charge in [0, 0.05) is 0 Å². The van der Waals surface area contributed by atoms with Crippen molar-refractivity contribution in [1.82, 2.24) is 5.16 Å². The fourth-order valence-electron chi connectivity index (χ4n) is 0.351. The molecule has 48 valence electrons. The Balaban J connectivity index is 3.12. The van der Waals surface area contributed by atoms with Gasteiger partial charge in [-0.1, -0.05) is 9.79 Å². The summed E-state index contributed by atoms with van der Waals surface area (Å²) in [7, 11) is 0. The van der Waals surface area contributed by atoms with Crippen LogP contribution in [0, 0.1) is 4.91 Å². The van der Waals surface area contributed by atoms with Crippen LogP contribution in [0.5, 0.6) is 0 Å². The predicted molar refractivity (Wildman–Crippen MR) is 23.4 cm³/mol. The topological polar surface area (TPSA) is 89.2 Å². The first-order valence-electron chi connectivity index (χ1n) is 2.04. The van der Waals surface area contributed by atoms with Crippen molar-refractivity contribution < 1.29 is 19.1 Å². The second-order valence-electron chi connectivity index (χ2n) is 1.33. The summed E-state index contributed by atoms with van der Waals surface area (Å²) in [5.74, 6) is -1.23. The Bertz CT molecular complexity index is 271. The highest BCUT2D eigenvalue weighted by Crippen LogP contribution is 1.84. The minimum Gasteiger partial charge on any atom is -0.475 e. The van der Waals surface area contributed by atoms with Gasteiger partial charge in [0.05, 0.1) is 0 Å². The maximum absolute atomic E-state index is 10.1. The molecule has 0 aliphatic heterocycles. The Morgan fingerprint density at radius 2 is 2.56 bits per heavy atom. The Kier molecular flexibility index (Phi) is 1.07. The van der Waals surface area contributed by atoms with E-state index in [-0.39, 0.29) is 10.3 Å². The third kappa shape index (κ3) is 0.958. The molecule has 0 unspecified atom stereocenters. The number of carbonyl (C=O) groups is 1. The van der Waals surface area contributed by atoms with Crippen LogP contribution in [0.15, 0.2) is 10.8 Å². The number of H-pyrrole nitrogens is 1. The van der Waals surface area contributed by atoms with Crippen molar-refractivity contribution in [1.29, 1.82) is 0 Å². The SMILES string of the molecule is O=C(O)c1c[n+](=O)o[nH]1. The van der Waals surface area contributed by atoms with E-state index in [9.17, 15) is 9.70 Å². The van der Waals surface area contributed by atoms with Crippen molar-refractivity contribution in [2.24, 2.45) is 0 Å². The highest BCUT2D eigenvalue weighted by molar-refractivity contribution is 5.84. The summed E-state index contributed by atoms with van der Waals surface area (Å²) in [5, 5.41) is 10.0. The van der Waals surface area contributed by atoms with Gasteiger partial charge in [0.1, 0.15) is 0 Å². The van der Waals surface area contributed by atoms with E-state index < -0.39 is 5.97 Å². The van der Waals surface area contributed by atoms with E-state index in [1.54, 1.807) is 0 Å². The number of aromatic carboxylic acids is 1. The second-order valence-corrected chi connectivity index (χ2v) is 1.33. The monoisotopic (exact) mass is 131 g/mol. The number of carboxylic acid groups (broad SMARTS) is 1. The van der Waals surface area contributed by atoms with Crippen molar-refractivity contribution in [2.75, 3.05) is 0 Å². The van der Waals surface area contributed by atoms with Gasteiger partial charge in [-0.2, -0.15) is 0 Å². The standard InChI is InChI=1S/C3H2N2O4/c6-3(7)2-1-5(8)9-4-2/h1H,(H-,4,6,7,8)/p+1. The number of hydrogen-bond donors (Lipinski definition) is 2. The normalized spacial score (nSPS) is 9.33. The van der Waals surface area contributed by atoms with Crippen molar-refractivity contribution in [2.45, 2.75) is 0 Å². The molecule has 1 rings (SSSR count). The van der Waals surface area contributed by atoms with E-state index in [0.717, 1.165) is 6.20 Å². The largest absolute Gasteiger partial charge is 0.475 e. The highest BCUT2D eigenvalue weighted by Gasteiger charge is 2.12. The van der Waals surface area contributed by atoms with E-state index in [2.05, 4.69) is 4.63 Å². The van der Waals surface area contributed by atoms with Crippen molar-refractivity contribution in [3.05, 3.63) is 16.8 Å². The molecular weight excluding hydrogens is 128 g/mol. The lowest BCUT2D eigenvalue weighted by Gasteiger charge is -1.69. The van der Waals surface area contributed by atoms with Gasteiger partial charge in [0.25, 0.3) is 5.69 Å². The number of hydrogen-bond acceptors (Lipinski definition) is 3. The predicted octanol–water partition coefficient (Wildman–Crippen LogP) is -0.780. The van der Waals surface area contributed by atoms with Crippen LogP contribution >= 0.6 is 0 Å². The van der Waals surface area contributed by atoms with Gasteiger partial charge in [0.15, 0.2) is 4.60 Å². The minimum absolute atomic E-state index is 0.0173. The molecule has 0 bridgehead atoms. The summed E-state index contributed by atoms with van der Waals surface area (Å²) >= 11 is 0.